The minimum Gasteiger partial charge on any atom is -0.394 e. The Balaban J connectivity index is 4.07. The fourth-order valence-electron chi connectivity index (χ4n) is 3.67. The van der Waals surface area contributed by atoms with Gasteiger partial charge in [-0.3, -0.25) is 4.79 Å². The fourth-order valence-corrected chi connectivity index (χ4v) is 3.67. The Morgan fingerprint density at radius 1 is 0.676 bits per heavy atom. The lowest BCUT2D eigenvalue weighted by Gasteiger charge is -2.21. The second-order valence-corrected chi connectivity index (χ2v) is 9.59. The number of aliphatic hydroxyl groups is 3. The van der Waals surface area contributed by atoms with Crippen LogP contribution >= 0.6 is 0 Å². The van der Waals surface area contributed by atoms with Gasteiger partial charge in [0, 0.05) is 6.42 Å². The maximum atomic E-state index is 12.2. The van der Waals surface area contributed by atoms with E-state index in [0.717, 1.165) is 44.9 Å². The molecule has 0 radical (unpaired) electrons. The van der Waals surface area contributed by atoms with E-state index in [2.05, 4.69) is 55.6 Å². The third kappa shape index (κ3) is 22.9. The van der Waals surface area contributed by atoms with Crippen LogP contribution in [0.3, 0.4) is 0 Å². The van der Waals surface area contributed by atoms with Crippen LogP contribution in [0.5, 0.6) is 0 Å². The minimum absolute atomic E-state index is 0.196. The SMILES string of the molecule is CCC/C=C/CC/C=C/CC/C=C/C(O)C(CO)NC(=O)C(O)C/C=C\C/C=C\CCCCCCCC. The zero-order chi connectivity index (χ0) is 27.4. The highest BCUT2D eigenvalue weighted by Gasteiger charge is 2.22. The summed E-state index contributed by atoms with van der Waals surface area (Å²) >= 11 is 0. The number of allylic oxidation sites excluding steroid dienone is 8. The lowest BCUT2D eigenvalue weighted by atomic mass is 10.1. The van der Waals surface area contributed by atoms with Crippen LogP contribution in [-0.4, -0.2) is 46.1 Å². The van der Waals surface area contributed by atoms with Gasteiger partial charge in [0.25, 0.3) is 0 Å². The monoisotopic (exact) mass is 517 g/mol. The molecule has 5 nitrogen and oxygen atoms in total. The first kappa shape index (κ1) is 35.0. The summed E-state index contributed by atoms with van der Waals surface area (Å²) in [6.07, 6.45) is 33.9. The fraction of sp³-hybridized carbons (Fsp3) is 0.656. The Morgan fingerprint density at radius 3 is 1.89 bits per heavy atom. The summed E-state index contributed by atoms with van der Waals surface area (Å²) in [6.45, 7) is 3.99. The predicted octanol–water partition coefficient (Wildman–Crippen LogP) is 6.86. The molecule has 0 saturated carbocycles. The Hall–Kier alpha value is -1.95. The van der Waals surface area contributed by atoms with E-state index < -0.39 is 30.8 Å². The highest BCUT2D eigenvalue weighted by molar-refractivity contribution is 5.81. The number of carbonyl (C=O) groups excluding carboxylic acids is 1. The van der Waals surface area contributed by atoms with E-state index in [-0.39, 0.29) is 6.42 Å². The zero-order valence-corrected chi connectivity index (χ0v) is 23.6. The molecule has 0 bridgehead atoms. The van der Waals surface area contributed by atoms with Gasteiger partial charge >= 0.3 is 0 Å². The lowest BCUT2D eigenvalue weighted by molar-refractivity contribution is -0.131. The number of nitrogens with one attached hydrogen (secondary N) is 1. The molecule has 0 fully saturated rings. The van der Waals surface area contributed by atoms with Crippen molar-refractivity contribution >= 4 is 5.91 Å². The lowest BCUT2D eigenvalue weighted by Crippen LogP contribution is -2.48. The molecular weight excluding hydrogens is 462 g/mol. The van der Waals surface area contributed by atoms with Crippen LogP contribution in [0.25, 0.3) is 0 Å². The molecule has 0 heterocycles. The second-order valence-electron chi connectivity index (χ2n) is 9.59. The van der Waals surface area contributed by atoms with Crippen LogP contribution in [0, 0.1) is 0 Å². The first-order chi connectivity index (χ1) is 18.1. The molecule has 0 aromatic rings. The molecule has 0 saturated heterocycles. The topological polar surface area (TPSA) is 89.8 Å². The van der Waals surface area contributed by atoms with Crippen molar-refractivity contribution in [1.29, 1.82) is 0 Å². The third-order valence-electron chi connectivity index (χ3n) is 6.05. The van der Waals surface area contributed by atoms with E-state index in [1.165, 1.54) is 44.9 Å². The number of hydrogen-bond donors (Lipinski definition) is 4. The predicted molar refractivity (Wildman–Crippen MR) is 157 cm³/mol. The maximum absolute atomic E-state index is 12.2. The van der Waals surface area contributed by atoms with Crippen molar-refractivity contribution in [3.05, 3.63) is 60.8 Å². The van der Waals surface area contributed by atoms with Gasteiger partial charge in [-0.05, 0) is 51.4 Å². The normalized spacial score (nSPS) is 15.1. The first-order valence-corrected chi connectivity index (χ1v) is 14.6. The van der Waals surface area contributed by atoms with Crippen molar-refractivity contribution in [2.45, 2.75) is 128 Å². The van der Waals surface area contributed by atoms with Crippen LogP contribution in [0.2, 0.25) is 0 Å². The highest BCUT2D eigenvalue weighted by atomic mass is 16.3. The van der Waals surface area contributed by atoms with E-state index in [1.54, 1.807) is 12.2 Å². The largest absolute Gasteiger partial charge is 0.394 e. The van der Waals surface area contributed by atoms with Crippen molar-refractivity contribution in [2.24, 2.45) is 0 Å². The quantitative estimate of drug-likeness (QED) is 0.0832. The van der Waals surface area contributed by atoms with E-state index >= 15 is 0 Å². The van der Waals surface area contributed by atoms with Gasteiger partial charge in [0.05, 0.1) is 18.8 Å². The molecule has 0 aliphatic rings. The number of carbonyl (C=O) groups is 1. The Labute approximate surface area is 227 Å². The van der Waals surface area contributed by atoms with Crippen molar-refractivity contribution in [2.75, 3.05) is 6.61 Å². The molecule has 0 aliphatic carbocycles. The summed E-state index contributed by atoms with van der Waals surface area (Å²) in [7, 11) is 0. The van der Waals surface area contributed by atoms with Gasteiger partial charge in [-0.2, -0.15) is 0 Å². The Bertz CT molecular complexity index is 666. The summed E-state index contributed by atoms with van der Waals surface area (Å²) in [5, 5.41) is 32.5. The third-order valence-corrected chi connectivity index (χ3v) is 6.05. The van der Waals surface area contributed by atoms with E-state index in [1.807, 2.05) is 12.2 Å². The van der Waals surface area contributed by atoms with Gasteiger partial charge in [-0.15, -0.1) is 0 Å². The molecule has 3 atom stereocenters. The van der Waals surface area contributed by atoms with E-state index in [4.69, 9.17) is 0 Å². The van der Waals surface area contributed by atoms with Crippen molar-refractivity contribution in [3.63, 3.8) is 0 Å². The number of hydrogen-bond acceptors (Lipinski definition) is 4. The number of amides is 1. The van der Waals surface area contributed by atoms with Crippen molar-refractivity contribution in [3.8, 4) is 0 Å². The molecule has 3 unspecified atom stereocenters. The molecule has 1 amide bonds. The van der Waals surface area contributed by atoms with Crippen LogP contribution < -0.4 is 5.32 Å². The Morgan fingerprint density at radius 2 is 1.24 bits per heavy atom. The molecule has 5 heteroatoms. The first-order valence-electron chi connectivity index (χ1n) is 14.6. The van der Waals surface area contributed by atoms with Gasteiger partial charge in [-0.25, -0.2) is 0 Å². The van der Waals surface area contributed by atoms with Crippen LogP contribution in [0.15, 0.2) is 60.8 Å². The summed E-state index contributed by atoms with van der Waals surface area (Å²) in [5.74, 6) is -0.592. The minimum atomic E-state index is -1.21. The highest BCUT2D eigenvalue weighted by Crippen LogP contribution is 2.08. The zero-order valence-electron chi connectivity index (χ0n) is 23.6. The molecule has 0 rings (SSSR count). The van der Waals surface area contributed by atoms with Crippen LogP contribution in [0.1, 0.15) is 110 Å². The summed E-state index contributed by atoms with van der Waals surface area (Å²) in [5.41, 5.74) is 0. The van der Waals surface area contributed by atoms with Crippen LogP contribution in [0.4, 0.5) is 0 Å². The van der Waals surface area contributed by atoms with Gasteiger partial charge in [0.1, 0.15) is 6.10 Å². The van der Waals surface area contributed by atoms with Crippen molar-refractivity contribution < 1.29 is 20.1 Å². The number of aliphatic hydroxyl groups excluding tert-OH is 3. The second kappa shape index (κ2) is 27.1. The maximum Gasteiger partial charge on any atom is 0.249 e. The van der Waals surface area contributed by atoms with Gasteiger partial charge in [-0.1, -0.05) is 113 Å². The van der Waals surface area contributed by atoms with E-state index in [0.29, 0.717) is 0 Å². The smallest absolute Gasteiger partial charge is 0.249 e. The van der Waals surface area contributed by atoms with Gasteiger partial charge in [0.15, 0.2) is 0 Å². The number of unbranched alkanes of at least 4 members (excludes halogenated alkanes) is 9. The number of rotatable bonds is 24. The molecule has 0 spiro atoms. The average Bonchev–Trinajstić information content (AvgIpc) is 2.90. The van der Waals surface area contributed by atoms with E-state index in [9.17, 15) is 20.1 Å². The van der Waals surface area contributed by atoms with Gasteiger partial charge in [0.2, 0.25) is 5.91 Å². The standard InChI is InChI=1S/C32H55NO4/c1-3-5-7-9-11-13-15-17-19-21-23-25-27-31(36)32(37)33-29(28-34)30(35)26-24-22-20-18-16-14-12-10-8-6-4-2/h8,10,16-19,23-26,29-31,34-36H,3-7,9,11-15,20-22,27-28H2,1-2H3,(H,33,37)/b10-8+,18-16+,19-17-,25-23-,26-24+. The molecule has 0 aromatic heterocycles. The molecule has 0 aromatic carbocycles. The Kier molecular flexibility index (Phi) is 25.7. The molecular formula is C32H55NO4. The van der Waals surface area contributed by atoms with Gasteiger partial charge < -0.3 is 20.6 Å². The van der Waals surface area contributed by atoms with Crippen molar-refractivity contribution in [1.82, 2.24) is 5.32 Å². The molecule has 212 valence electrons. The summed E-state index contributed by atoms with van der Waals surface area (Å²) in [6, 6.07) is -0.849. The average molecular weight is 518 g/mol. The summed E-state index contributed by atoms with van der Waals surface area (Å²) in [4.78, 5) is 12.2. The molecule has 0 aliphatic heterocycles. The summed E-state index contributed by atoms with van der Waals surface area (Å²) < 4.78 is 0. The van der Waals surface area contributed by atoms with Crippen LogP contribution in [-0.2, 0) is 4.79 Å². The molecule has 37 heavy (non-hydrogen) atoms. The molecule has 4 N–H and O–H groups in total.